The van der Waals surface area contributed by atoms with Crippen molar-refractivity contribution in [3.63, 3.8) is 0 Å². The average molecular weight is 310 g/mol. The molecular formula is C17H30N2O3. The molecule has 5 nitrogen and oxygen atoms in total. The van der Waals surface area contributed by atoms with Crippen molar-refractivity contribution in [3.05, 3.63) is 0 Å². The van der Waals surface area contributed by atoms with E-state index in [2.05, 4.69) is 6.92 Å². The largest absolute Gasteiger partial charge is 0.369 e. The van der Waals surface area contributed by atoms with E-state index in [0.717, 1.165) is 51.2 Å². The van der Waals surface area contributed by atoms with Gasteiger partial charge in [0.15, 0.2) is 0 Å². The van der Waals surface area contributed by atoms with Gasteiger partial charge in [-0.05, 0) is 45.4 Å². The summed E-state index contributed by atoms with van der Waals surface area (Å²) in [5, 5.41) is 0. The molecule has 2 atom stereocenters. The number of hydrogen-bond donors (Lipinski definition) is 0. The molecule has 0 aromatic heterocycles. The van der Waals surface area contributed by atoms with E-state index >= 15 is 0 Å². The zero-order valence-electron chi connectivity index (χ0n) is 14.2. The molecule has 2 fully saturated rings. The first-order valence-electron chi connectivity index (χ1n) is 8.72. The normalized spacial score (nSPS) is 25.1. The van der Waals surface area contributed by atoms with Gasteiger partial charge in [0.2, 0.25) is 5.91 Å². The molecule has 0 unspecified atom stereocenters. The van der Waals surface area contributed by atoms with E-state index < -0.39 is 6.10 Å². The van der Waals surface area contributed by atoms with Crippen molar-refractivity contribution in [2.45, 2.75) is 52.6 Å². The number of likely N-dealkylation sites (tertiary alicyclic amines) is 2. The minimum absolute atomic E-state index is 0.0200. The van der Waals surface area contributed by atoms with E-state index in [1.165, 1.54) is 0 Å². The van der Waals surface area contributed by atoms with Gasteiger partial charge in [0.25, 0.3) is 5.91 Å². The zero-order chi connectivity index (χ0) is 16.1. The molecule has 2 aliphatic rings. The third-order valence-electron chi connectivity index (χ3n) is 4.94. The second-order valence-corrected chi connectivity index (χ2v) is 6.73. The van der Waals surface area contributed by atoms with Crippen LogP contribution in [0.5, 0.6) is 0 Å². The minimum Gasteiger partial charge on any atom is -0.369 e. The first kappa shape index (κ1) is 17.3. The van der Waals surface area contributed by atoms with Crippen LogP contribution in [0.2, 0.25) is 0 Å². The molecule has 2 aliphatic heterocycles. The van der Waals surface area contributed by atoms with Gasteiger partial charge in [0.05, 0.1) is 5.92 Å². The van der Waals surface area contributed by atoms with Crippen molar-refractivity contribution < 1.29 is 14.3 Å². The van der Waals surface area contributed by atoms with Gasteiger partial charge >= 0.3 is 0 Å². The molecule has 2 saturated heterocycles. The highest BCUT2D eigenvalue weighted by Crippen LogP contribution is 2.23. The van der Waals surface area contributed by atoms with Crippen molar-refractivity contribution in [3.8, 4) is 0 Å². The van der Waals surface area contributed by atoms with E-state index in [4.69, 9.17) is 4.74 Å². The molecule has 2 heterocycles. The van der Waals surface area contributed by atoms with E-state index in [-0.39, 0.29) is 17.7 Å². The van der Waals surface area contributed by atoms with Gasteiger partial charge in [-0.2, -0.15) is 0 Å². The van der Waals surface area contributed by atoms with E-state index in [0.29, 0.717) is 13.2 Å². The Morgan fingerprint density at radius 3 is 2.45 bits per heavy atom. The van der Waals surface area contributed by atoms with Gasteiger partial charge in [0.1, 0.15) is 6.10 Å². The number of rotatable bonds is 4. The van der Waals surface area contributed by atoms with Gasteiger partial charge in [-0.15, -0.1) is 0 Å². The highest BCUT2D eigenvalue weighted by molar-refractivity contribution is 5.83. The first-order valence-corrected chi connectivity index (χ1v) is 8.72. The monoisotopic (exact) mass is 310 g/mol. The van der Waals surface area contributed by atoms with E-state index in [9.17, 15) is 9.59 Å². The summed E-state index contributed by atoms with van der Waals surface area (Å²) in [6.45, 7) is 9.53. The van der Waals surface area contributed by atoms with Crippen molar-refractivity contribution in [2.75, 3.05) is 32.8 Å². The molecule has 126 valence electrons. The van der Waals surface area contributed by atoms with Crippen LogP contribution >= 0.6 is 0 Å². The summed E-state index contributed by atoms with van der Waals surface area (Å²) < 4.78 is 5.39. The molecule has 0 aromatic rings. The summed E-state index contributed by atoms with van der Waals surface area (Å²) in [5.74, 6) is 0.959. The lowest BCUT2D eigenvalue weighted by Crippen LogP contribution is -2.50. The van der Waals surface area contributed by atoms with Crippen LogP contribution in [-0.4, -0.2) is 60.5 Å². The fraction of sp³-hybridized carbons (Fsp3) is 0.882. The maximum absolute atomic E-state index is 12.7. The van der Waals surface area contributed by atoms with Gasteiger partial charge < -0.3 is 14.5 Å². The summed E-state index contributed by atoms with van der Waals surface area (Å²) in [5.41, 5.74) is 0. The summed E-state index contributed by atoms with van der Waals surface area (Å²) >= 11 is 0. The van der Waals surface area contributed by atoms with Crippen molar-refractivity contribution >= 4 is 11.8 Å². The summed E-state index contributed by atoms with van der Waals surface area (Å²) in [6, 6.07) is 0. The zero-order valence-corrected chi connectivity index (χ0v) is 14.2. The van der Waals surface area contributed by atoms with Crippen LogP contribution < -0.4 is 0 Å². The first-order chi connectivity index (χ1) is 10.5. The summed E-state index contributed by atoms with van der Waals surface area (Å²) in [4.78, 5) is 28.9. The quantitative estimate of drug-likeness (QED) is 0.797. The minimum atomic E-state index is -0.408. The molecule has 0 saturated carbocycles. The van der Waals surface area contributed by atoms with Crippen LogP contribution in [0.25, 0.3) is 0 Å². The lowest BCUT2D eigenvalue weighted by Gasteiger charge is -2.38. The third kappa shape index (κ3) is 4.22. The van der Waals surface area contributed by atoms with Crippen LogP contribution in [0.15, 0.2) is 0 Å². The second-order valence-electron chi connectivity index (χ2n) is 6.73. The Bertz CT molecular complexity index is 391. The molecule has 0 spiro atoms. The van der Waals surface area contributed by atoms with Crippen molar-refractivity contribution in [1.29, 1.82) is 0 Å². The van der Waals surface area contributed by atoms with Crippen LogP contribution in [0.1, 0.15) is 46.5 Å². The second kappa shape index (κ2) is 7.95. The van der Waals surface area contributed by atoms with Crippen LogP contribution in [0.4, 0.5) is 0 Å². The number of carbonyl (C=O) groups is 2. The summed E-state index contributed by atoms with van der Waals surface area (Å²) in [7, 11) is 0. The molecule has 2 amide bonds. The number of nitrogens with zero attached hydrogens (tertiary/aromatic N) is 2. The number of hydrogen-bond acceptors (Lipinski definition) is 3. The molecule has 22 heavy (non-hydrogen) atoms. The van der Waals surface area contributed by atoms with Crippen LogP contribution in [0.3, 0.4) is 0 Å². The Kier molecular flexibility index (Phi) is 6.24. The molecule has 0 bridgehead atoms. The summed E-state index contributed by atoms with van der Waals surface area (Å²) in [6.07, 6.45) is 3.60. The third-order valence-corrected chi connectivity index (χ3v) is 4.94. The molecule has 5 heteroatoms. The maximum Gasteiger partial charge on any atom is 0.251 e. The Labute approximate surface area is 134 Å². The van der Waals surface area contributed by atoms with E-state index in [1.807, 2.05) is 16.7 Å². The smallest absolute Gasteiger partial charge is 0.251 e. The van der Waals surface area contributed by atoms with Crippen LogP contribution in [-0.2, 0) is 14.3 Å². The van der Waals surface area contributed by atoms with Gasteiger partial charge in [0, 0.05) is 32.8 Å². The number of piperidine rings is 2. The van der Waals surface area contributed by atoms with Gasteiger partial charge in [-0.25, -0.2) is 0 Å². The van der Waals surface area contributed by atoms with Gasteiger partial charge in [-0.1, -0.05) is 6.92 Å². The highest BCUT2D eigenvalue weighted by atomic mass is 16.5. The van der Waals surface area contributed by atoms with Crippen molar-refractivity contribution in [1.82, 2.24) is 9.80 Å². The Hall–Kier alpha value is -1.10. The molecule has 0 aliphatic carbocycles. The standard InChI is InChI=1S/C17H30N2O3/c1-4-22-14(3)16(20)19-9-5-6-15(12-19)17(21)18-10-7-13(2)8-11-18/h13-15H,4-12H2,1-3H3/t14-,15-/m1/s1. The van der Waals surface area contributed by atoms with E-state index in [1.54, 1.807) is 6.92 Å². The Morgan fingerprint density at radius 2 is 1.82 bits per heavy atom. The predicted molar refractivity (Wildman–Crippen MR) is 85.4 cm³/mol. The Morgan fingerprint density at radius 1 is 1.14 bits per heavy atom. The SMILES string of the molecule is CCO[C@H](C)C(=O)N1CCC[C@@H](C(=O)N2CCC(C)CC2)C1. The Balaban J connectivity index is 1.89. The lowest BCUT2D eigenvalue weighted by molar-refractivity contribution is -0.147. The number of carbonyl (C=O) groups excluding carboxylic acids is 2. The number of ether oxygens (including phenoxy) is 1. The topological polar surface area (TPSA) is 49.9 Å². The molecular weight excluding hydrogens is 280 g/mol. The number of amides is 2. The molecule has 0 radical (unpaired) electrons. The fourth-order valence-electron chi connectivity index (χ4n) is 3.44. The van der Waals surface area contributed by atoms with Crippen molar-refractivity contribution in [2.24, 2.45) is 11.8 Å². The predicted octanol–water partition coefficient (Wildman–Crippen LogP) is 1.91. The maximum atomic E-state index is 12.7. The van der Waals surface area contributed by atoms with Gasteiger partial charge in [-0.3, -0.25) is 9.59 Å². The molecule has 0 aromatic carbocycles. The molecule has 2 rings (SSSR count). The molecule has 0 N–H and O–H groups in total. The van der Waals surface area contributed by atoms with Crippen LogP contribution in [0, 0.1) is 11.8 Å². The fourth-order valence-corrected chi connectivity index (χ4v) is 3.44. The lowest BCUT2D eigenvalue weighted by atomic mass is 9.93. The average Bonchev–Trinajstić information content (AvgIpc) is 2.54. The highest BCUT2D eigenvalue weighted by Gasteiger charge is 2.33.